The van der Waals surface area contributed by atoms with E-state index < -0.39 is 0 Å². The normalized spacial score (nSPS) is 20.9. The lowest BCUT2D eigenvalue weighted by molar-refractivity contribution is -0.919. The molecule has 25 heavy (non-hydrogen) atoms. The fourth-order valence-electron chi connectivity index (χ4n) is 3.45. The standard InChI is InChI=1S/C20H24FN3O/c1-15(17-5-3-2-4-6-17)24-12-11-16(14-24)13-22-20(25)23-19-9-7-18(21)8-10-19/h2-10,15-16H,11-14H2,1H3,(H2,22,23,25)/p+1. The quantitative estimate of drug-likeness (QED) is 0.768. The van der Waals surface area contributed by atoms with Gasteiger partial charge in [0.1, 0.15) is 11.9 Å². The van der Waals surface area contributed by atoms with Gasteiger partial charge in [0, 0.05) is 30.1 Å². The third-order valence-electron chi connectivity index (χ3n) is 4.99. The zero-order valence-corrected chi connectivity index (χ0v) is 14.5. The molecule has 0 aromatic heterocycles. The number of likely N-dealkylation sites (tertiary alicyclic amines) is 1. The van der Waals surface area contributed by atoms with E-state index in [0.717, 1.165) is 19.5 Å². The molecular weight excluding hydrogens is 317 g/mol. The molecule has 1 aliphatic rings. The number of anilines is 1. The summed E-state index contributed by atoms with van der Waals surface area (Å²) in [5.41, 5.74) is 1.95. The summed E-state index contributed by atoms with van der Waals surface area (Å²) in [6, 6.07) is 16.6. The number of amides is 2. The molecule has 0 aliphatic carbocycles. The zero-order chi connectivity index (χ0) is 17.6. The van der Waals surface area contributed by atoms with Crippen LogP contribution in [0.2, 0.25) is 0 Å². The lowest BCUT2D eigenvalue weighted by Crippen LogP contribution is -3.10. The molecule has 0 bridgehead atoms. The van der Waals surface area contributed by atoms with Gasteiger partial charge < -0.3 is 15.5 Å². The van der Waals surface area contributed by atoms with Crippen molar-refractivity contribution in [2.24, 2.45) is 5.92 Å². The van der Waals surface area contributed by atoms with E-state index in [1.54, 1.807) is 17.0 Å². The Hall–Kier alpha value is -2.40. The number of quaternary nitrogens is 1. The van der Waals surface area contributed by atoms with Gasteiger partial charge in [-0.05, 0) is 31.2 Å². The summed E-state index contributed by atoms with van der Waals surface area (Å²) in [5.74, 6) is 0.174. The van der Waals surface area contributed by atoms with Gasteiger partial charge in [0.2, 0.25) is 0 Å². The van der Waals surface area contributed by atoms with E-state index in [0.29, 0.717) is 24.2 Å². The minimum Gasteiger partial charge on any atom is -0.337 e. The van der Waals surface area contributed by atoms with Crippen molar-refractivity contribution < 1.29 is 14.1 Å². The van der Waals surface area contributed by atoms with Crippen molar-refractivity contribution in [2.75, 3.05) is 25.0 Å². The van der Waals surface area contributed by atoms with Crippen LogP contribution in [0.1, 0.15) is 24.9 Å². The zero-order valence-electron chi connectivity index (χ0n) is 14.5. The van der Waals surface area contributed by atoms with Gasteiger partial charge >= 0.3 is 6.03 Å². The average molecular weight is 342 g/mol. The van der Waals surface area contributed by atoms with E-state index in [4.69, 9.17) is 0 Å². The van der Waals surface area contributed by atoms with Crippen molar-refractivity contribution in [3.63, 3.8) is 0 Å². The molecule has 3 N–H and O–H groups in total. The molecule has 1 saturated heterocycles. The second-order valence-corrected chi connectivity index (χ2v) is 6.74. The Labute approximate surface area is 148 Å². The summed E-state index contributed by atoms with van der Waals surface area (Å²) in [6.45, 7) is 5.12. The van der Waals surface area contributed by atoms with Crippen molar-refractivity contribution in [1.82, 2.24) is 5.32 Å². The maximum Gasteiger partial charge on any atom is 0.319 e. The number of hydrogen-bond acceptors (Lipinski definition) is 1. The SMILES string of the molecule is CC(c1ccccc1)[NH+]1CCC(CNC(=O)Nc2ccc(F)cc2)C1. The lowest BCUT2D eigenvalue weighted by Gasteiger charge is -2.22. The summed E-state index contributed by atoms with van der Waals surface area (Å²) in [5, 5.41) is 5.66. The molecule has 2 aromatic rings. The van der Waals surface area contributed by atoms with Crippen molar-refractivity contribution in [3.8, 4) is 0 Å². The number of carbonyl (C=O) groups is 1. The molecule has 1 fully saturated rings. The van der Waals surface area contributed by atoms with Crippen molar-refractivity contribution >= 4 is 11.7 Å². The maximum atomic E-state index is 12.9. The van der Waals surface area contributed by atoms with Gasteiger partial charge in [0.15, 0.2) is 0 Å². The first kappa shape index (κ1) is 17.4. The van der Waals surface area contributed by atoms with Crippen LogP contribution in [0.5, 0.6) is 0 Å². The molecule has 132 valence electrons. The largest absolute Gasteiger partial charge is 0.337 e. The van der Waals surface area contributed by atoms with Gasteiger partial charge in [0.25, 0.3) is 0 Å². The van der Waals surface area contributed by atoms with E-state index in [9.17, 15) is 9.18 Å². The molecule has 2 amide bonds. The number of rotatable bonds is 5. The van der Waals surface area contributed by atoms with Crippen LogP contribution < -0.4 is 15.5 Å². The first-order valence-corrected chi connectivity index (χ1v) is 8.82. The minimum absolute atomic E-state index is 0.240. The van der Waals surface area contributed by atoms with E-state index in [2.05, 4.69) is 41.8 Å². The predicted octanol–water partition coefficient (Wildman–Crippen LogP) is 2.61. The van der Waals surface area contributed by atoms with Crippen molar-refractivity contribution in [1.29, 1.82) is 0 Å². The van der Waals surface area contributed by atoms with Gasteiger partial charge in [-0.1, -0.05) is 30.3 Å². The first-order valence-electron chi connectivity index (χ1n) is 8.82. The molecule has 5 heteroatoms. The van der Waals surface area contributed by atoms with Crippen molar-refractivity contribution in [2.45, 2.75) is 19.4 Å². The van der Waals surface area contributed by atoms with Crippen LogP contribution in [-0.2, 0) is 0 Å². The second kappa shape index (κ2) is 8.12. The Morgan fingerprint density at radius 2 is 1.92 bits per heavy atom. The molecule has 3 unspecified atom stereocenters. The van der Waals surface area contributed by atoms with E-state index in [1.165, 1.54) is 17.7 Å². The fourth-order valence-corrected chi connectivity index (χ4v) is 3.45. The van der Waals surface area contributed by atoms with Gasteiger partial charge in [-0.2, -0.15) is 0 Å². The van der Waals surface area contributed by atoms with Gasteiger partial charge in [-0.15, -0.1) is 0 Å². The number of urea groups is 1. The molecule has 3 rings (SSSR count). The van der Waals surface area contributed by atoms with Crippen LogP contribution in [0.15, 0.2) is 54.6 Å². The molecule has 4 nitrogen and oxygen atoms in total. The highest BCUT2D eigenvalue weighted by atomic mass is 19.1. The monoisotopic (exact) mass is 342 g/mol. The molecule has 1 heterocycles. The molecule has 0 radical (unpaired) electrons. The fraction of sp³-hybridized carbons (Fsp3) is 0.350. The van der Waals surface area contributed by atoms with Gasteiger partial charge in [-0.3, -0.25) is 0 Å². The Bertz CT molecular complexity index is 690. The van der Waals surface area contributed by atoms with Crippen LogP contribution in [0, 0.1) is 11.7 Å². The minimum atomic E-state index is -0.312. The molecular formula is C20H25FN3O+. The maximum absolute atomic E-state index is 12.9. The topological polar surface area (TPSA) is 45.6 Å². The first-order chi connectivity index (χ1) is 12.1. The van der Waals surface area contributed by atoms with Crippen molar-refractivity contribution in [3.05, 3.63) is 66.0 Å². The van der Waals surface area contributed by atoms with Crippen LogP contribution >= 0.6 is 0 Å². The molecule has 3 atom stereocenters. The number of carbonyl (C=O) groups excluding carboxylic acids is 1. The Morgan fingerprint density at radius 1 is 1.20 bits per heavy atom. The molecule has 1 aliphatic heterocycles. The van der Waals surface area contributed by atoms with E-state index in [1.807, 2.05) is 6.07 Å². The van der Waals surface area contributed by atoms with Crippen LogP contribution in [0.4, 0.5) is 14.9 Å². The molecule has 2 aromatic carbocycles. The van der Waals surface area contributed by atoms with Crippen LogP contribution in [0.25, 0.3) is 0 Å². The highest BCUT2D eigenvalue weighted by molar-refractivity contribution is 5.89. The third kappa shape index (κ3) is 4.79. The Balaban J connectivity index is 1.44. The van der Waals surface area contributed by atoms with Gasteiger partial charge in [0.05, 0.1) is 13.1 Å². The van der Waals surface area contributed by atoms with E-state index in [-0.39, 0.29) is 11.8 Å². The van der Waals surface area contributed by atoms with Crippen LogP contribution in [0.3, 0.4) is 0 Å². The number of nitrogens with one attached hydrogen (secondary N) is 3. The highest BCUT2D eigenvalue weighted by Crippen LogP contribution is 2.12. The summed E-state index contributed by atoms with van der Waals surface area (Å²) >= 11 is 0. The smallest absolute Gasteiger partial charge is 0.319 e. The lowest BCUT2D eigenvalue weighted by atomic mass is 10.1. The Morgan fingerprint density at radius 3 is 2.64 bits per heavy atom. The summed E-state index contributed by atoms with van der Waals surface area (Å²) < 4.78 is 12.9. The van der Waals surface area contributed by atoms with E-state index >= 15 is 0 Å². The third-order valence-corrected chi connectivity index (χ3v) is 4.99. The summed E-state index contributed by atoms with van der Waals surface area (Å²) in [7, 11) is 0. The van der Waals surface area contributed by atoms with Crippen LogP contribution in [-0.4, -0.2) is 25.7 Å². The molecule has 0 spiro atoms. The summed E-state index contributed by atoms with van der Waals surface area (Å²) in [4.78, 5) is 13.5. The highest BCUT2D eigenvalue weighted by Gasteiger charge is 2.30. The number of benzene rings is 2. The average Bonchev–Trinajstić information content (AvgIpc) is 3.11. The summed E-state index contributed by atoms with van der Waals surface area (Å²) in [6.07, 6.45) is 1.11. The predicted molar refractivity (Wildman–Crippen MR) is 97.1 cm³/mol. The number of halogens is 1. The second-order valence-electron chi connectivity index (χ2n) is 6.74. The van der Waals surface area contributed by atoms with Gasteiger partial charge in [-0.25, -0.2) is 9.18 Å². The number of hydrogen-bond donors (Lipinski definition) is 3. The molecule has 0 saturated carbocycles. The Kier molecular flexibility index (Phi) is 5.66.